The Bertz CT molecular complexity index is 1340. The fourth-order valence-electron chi connectivity index (χ4n) is 3.65. The number of fused-ring (bicyclic) bond motifs is 2. The van der Waals surface area contributed by atoms with Crippen LogP contribution in [0.1, 0.15) is 15.9 Å². The highest BCUT2D eigenvalue weighted by molar-refractivity contribution is 6.08. The van der Waals surface area contributed by atoms with Crippen molar-refractivity contribution in [2.75, 3.05) is 41.0 Å². The maximum Gasteiger partial charge on any atom is 0.263 e. The Kier molecular flexibility index (Phi) is 5.05. The van der Waals surface area contributed by atoms with Crippen LogP contribution in [0.5, 0.6) is 11.6 Å². The summed E-state index contributed by atoms with van der Waals surface area (Å²) in [6, 6.07) is 6.41. The molecule has 0 spiro atoms. The summed E-state index contributed by atoms with van der Waals surface area (Å²) in [6.45, 7) is 2.98. The van der Waals surface area contributed by atoms with Crippen LogP contribution in [0.4, 0.5) is 28.4 Å². The normalized spacial score (nSPS) is 13.9. The molecule has 0 bridgehead atoms. The molecule has 3 aromatic rings. The van der Waals surface area contributed by atoms with Crippen molar-refractivity contribution in [2.24, 2.45) is 0 Å². The van der Waals surface area contributed by atoms with Crippen molar-refractivity contribution in [1.29, 1.82) is 0 Å². The van der Waals surface area contributed by atoms with E-state index in [1.807, 2.05) is 6.92 Å². The summed E-state index contributed by atoms with van der Waals surface area (Å²) in [5.41, 5.74) is 2.84. The lowest BCUT2D eigenvalue weighted by molar-refractivity contribution is -0.118. The molecule has 2 aromatic heterocycles. The quantitative estimate of drug-likeness (QED) is 0.408. The van der Waals surface area contributed by atoms with Crippen molar-refractivity contribution in [1.82, 2.24) is 9.97 Å². The van der Waals surface area contributed by atoms with Gasteiger partial charge in [0.25, 0.3) is 17.4 Å². The zero-order valence-corrected chi connectivity index (χ0v) is 17.6. The van der Waals surface area contributed by atoms with Gasteiger partial charge in [-0.2, -0.15) is 0 Å². The monoisotopic (exact) mass is 448 g/mol. The molecule has 4 heterocycles. The van der Waals surface area contributed by atoms with Gasteiger partial charge in [0.05, 0.1) is 23.3 Å². The summed E-state index contributed by atoms with van der Waals surface area (Å²) in [5, 5.41) is 11.8. The summed E-state index contributed by atoms with van der Waals surface area (Å²) in [5.74, 6) is 0.0842. The number of nitrogens with zero attached hydrogens (tertiary/aromatic N) is 1. The van der Waals surface area contributed by atoms with Crippen LogP contribution >= 0.6 is 0 Å². The third-order valence-electron chi connectivity index (χ3n) is 5.28. The fraction of sp³-hybridized carbons (Fsp3) is 0.182. The molecule has 2 aliphatic rings. The summed E-state index contributed by atoms with van der Waals surface area (Å²) < 4.78 is 10.9. The zero-order valence-electron chi connectivity index (χ0n) is 17.6. The second-order valence-corrected chi connectivity index (χ2v) is 7.47. The molecule has 5 rings (SSSR count). The minimum Gasteiger partial charge on any atom is -0.482 e. The van der Waals surface area contributed by atoms with E-state index >= 15 is 0 Å². The summed E-state index contributed by atoms with van der Waals surface area (Å²) in [6.07, 6.45) is 3.05. The van der Waals surface area contributed by atoms with Gasteiger partial charge in [0.1, 0.15) is 23.6 Å². The van der Waals surface area contributed by atoms with Crippen molar-refractivity contribution < 1.29 is 19.1 Å². The second kappa shape index (κ2) is 8.19. The number of amides is 2. The van der Waals surface area contributed by atoms with Gasteiger partial charge in [0.2, 0.25) is 5.88 Å². The number of pyridine rings is 2. The highest BCUT2D eigenvalue weighted by Gasteiger charge is 2.21. The van der Waals surface area contributed by atoms with Gasteiger partial charge in [-0.25, -0.2) is 4.98 Å². The van der Waals surface area contributed by atoms with Crippen molar-refractivity contribution in [2.45, 2.75) is 6.92 Å². The molecule has 5 N–H and O–H groups in total. The molecule has 0 radical (unpaired) electrons. The number of carbonyl (C=O) groups is 2. The number of rotatable bonds is 4. The molecule has 2 aliphatic heterocycles. The number of carbonyl (C=O) groups excluding carboxylic acids is 2. The van der Waals surface area contributed by atoms with Crippen LogP contribution in [-0.4, -0.2) is 41.5 Å². The third kappa shape index (κ3) is 3.91. The topological polar surface area (TPSA) is 146 Å². The van der Waals surface area contributed by atoms with Gasteiger partial charge >= 0.3 is 0 Å². The molecular weight excluding hydrogens is 428 g/mol. The summed E-state index contributed by atoms with van der Waals surface area (Å²) in [4.78, 5) is 43.9. The van der Waals surface area contributed by atoms with Gasteiger partial charge in [-0.1, -0.05) is 0 Å². The molecule has 168 valence electrons. The van der Waals surface area contributed by atoms with Gasteiger partial charge in [-0.15, -0.1) is 0 Å². The number of nitrogens with one attached hydrogen (secondary N) is 5. The van der Waals surface area contributed by atoms with Crippen LogP contribution in [0.3, 0.4) is 0 Å². The van der Waals surface area contributed by atoms with Crippen molar-refractivity contribution >= 4 is 40.3 Å². The molecule has 11 heteroatoms. The largest absolute Gasteiger partial charge is 0.482 e. The van der Waals surface area contributed by atoms with Crippen LogP contribution in [0.2, 0.25) is 0 Å². The molecule has 0 fully saturated rings. The number of ether oxygens (including phenoxy) is 2. The van der Waals surface area contributed by atoms with E-state index in [9.17, 15) is 14.4 Å². The lowest BCUT2D eigenvalue weighted by Crippen LogP contribution is -2.26. The first-order valence-electron chi connectivity index (χ1n) is 10.2. The minimum atomic E-state index is -0.607. The van der Waals surface area contributed by atoms with Crippen LogP contribution in [-0.2, 0) is 4.79 Å². The molecule has 0 aliphatic carbocycles. The van der Waals surface area contributed by atoms with Crippen LogP contribution in [0.15, 0.2) is 41.5 Å². The van der Waals surface area contributed by atoms with Crippen LogP contribution in [0, 0.1) is 6.92 Å². The zero-order chi connectivity index (χ0) is 22.9. The number of anilines is 5. The average molecular weight is 448 g/mol. The van der Waals surface area contributed by atoms with Gasteiger partial charge < -0.3 is 35.7 Å². The van der Waals surface area contributed by atoms with E-state index in [0.29, 0.717) is 47.5 Å². The first-order chi connectivity index (χ1) is 16.0. The predicted molar refractivity (Wildman–Crippen MR) is 122 cm³/mol. The van der Waals surface area contributed by atoms with Gasteiger partial charge in [0.15, 0.2) is 6.61 Å². The highest BCUT2D eigenvalue weighted by Crippen LogP contribution is 2.35. The van der Waals surface area contributed by atoms with Crippen molar-refractivity contribution in [3.05, 3.63) is 58.1 Å². The van der Waals surface area contributed by atoms with Gasteiger partial charge in [-0.3, -0.25) is 14.4 Å². The first-order valence-corrected chi connectivity index (χ1v) is 10.2. The van der Waals surface area contributed by atoms with Crippen LogP contribution < -0.4 is 36.3 Å². The molecular formula is C22H20N6O5. The molecule has 0 saturated heterocycles. The Morgan fingerprint density at radius 3 is 2.91 bits per heavy atom. The molecule has 0 atom stereocenters. The molecule has 2 amide bonds. The van der Waals surface area contributed by atoms with Crippen molar-refractivity contribution in [3.8, 4) is 11.6 Å². The number of hydrogen-bond acceptors (Lipinski definition) is 8. The lowest BCUT2D eigenvalue weighted by atomic mass is 10.1. The van der Waals surface area contributed by atoms with E-state index in [1.165, 1.54) is 6.20 Å². The number of H-pyrrole nitrogens is 1. The highest BCUT2D eigenvalue weighted by atomic mass is 16.5. The van der Waals surface area contributed by atoms with E-state index < -0.39 is 11.5 Å². The second-order valence-electron chi connectivity index (χ2n) is 7.47. The Hall–Kier alpha value is -4.54. The van der Waals surface area contributed by atoms with E-state index in [1.54, 1.807) is 30.5 Å². The standard InChI is InChI=1S/C22H20N6O5/c1-11-15(9-25-22-19(11)23-6-7-32-22)27-14-4-5-24-20(30)18(14)21(31)26-12-2-3-13-16(8-12)33-10-17(29)28-13/h2-5,8-9,23H,6-7,10H2,1H3,(H,26,31)(H,28,29)(H2,24,27,30). The smallest absolute Gasteiger partial charge is 0.263 e. The SMILES string of the molecule is Cc1c(Nc2cc[nH]c(=O)c2C(=O)Nc2ccc3c(c2)OCC(=O)N3)cnc2c1NCCO2. The van der Waals surface area contributed by atoms with Gasteiger partial charge in [-0.05, 0) is 25.1 Å². The van der Waals surface area contributed by atoms with Gasteiger partial charge in [0, 0.05) is 30.1 Å². The number of hydrogen-bond donors (Lipinski definition) is 5. The van der Waals surface area contributed by atoms with E-state index in [2.05, 4.69) is 31.2 Å². The molecule has 0 saturated carbocycles. The maximum absolute atomic E-state index is 13.1. The number of aromatic amines is 1. The minimum absolute atomic E-state index is 0.0919. The molecule has 11 nitrogen and oxygen atoms in total. The fourth-order valence-corrected chi connectivity index (χ4v) is 3.65. The predicted octanol–water partition coefficient (Wildman–Crippen LogP) is 2.21. The third-order valence-corrected chi connectivity index (χ3v) is 5.28. The lowest BCUT2D eigenvalue weighted by Gasteiger charge is -2.22. The summed E-state index contributed by atoms with van der Waals surface area (Å²) in [7, 11) is 0. The van der Waals surface area contributed by atoms with Crippen LogP contribution in [0.25, 0.3) is 0 Å². The molecule has 1 aromatic carbocycles. The maximum atomic E-state index is 13.1. The van der Waals surface area contributed by atoms with E-state index in [4.69, 9.17) is 9.47 Å². The Balaban J connectivity index is 1.43. The van der Waals surface area contributed by atoms with E-state index in [0.717, 1.165) is 11.3 Å². The average Bonchev–Trinajstić information content (AvgIpc) is 2.81. The summed E-state index contributed by atoms with van der Waals surface area (Å²) >= 11 is 0. The Morgan fingerprint density at radius 1 is 1.15 bits per heavy atom. The van der Waals surface area contributed by atoms with E-state index in [-0.39, 0.29) is 18.1 Å². The number of benzene rings is 1. The van der Waals surface area contributed by atoms with Crippen molar-refractivity contribution in [3.63, 3.8) is 0 Å². The number of aromatic nitrogens is 2. The molecule has 33 heavy (non-hydrogen) atoms. The Labute approximate surface area is 187 Å². The first kappa shape index (κ1) is 20.4. The molecule has 0 unspecified atom stereocenters. The Morgan fingerprint density at radius 2 is 2.03 bits per heavy atom.